The number of rotatable bonds is 5. The fourth-order valence-corrected chi connectivity index (χ4v) is 4.47. The molecule has 23 heavy (non-hydrogen) atoms. The normalized spacial score (nSPS) is 16.6. The average Bonchev–Trinajstić information content (AvgIpc) is 2.55. The summed E-state index contributed by atoms with van der Waals surface area (Å²) in [6.07, 6.45) is 5.28. The Hall–Kier alpha value is -1.59. The van der Waals surface area contributed by atoms with Crippen molar-refractivity contribution < 1.29 is 13.2 Å². The first-order chi connectivity index (χ1) is 11.1. The molecule has 1 aliphatic carbocycles. The lowest BCUT2D eigenvalue weighted by atomic mass is 9.96. The van der Waals surface area contributed by atoms with Gasteiger partial charge in [-0.1, -0.05) is 31.4 Å². The van der Waals surface area contributed by atoms with Gasteiger partial charge in [0.05, 0.1) is 11.5 Å². The van der Waals surface area contributed by atoms with Crippen LogP contribution in [0.15, 0.2) is 41.3 Å². The highest BCUT2D eigenvalue weighted by Gasteiger charge is 2.21. The van der Waals surface area contributed by atoms with E-state index < -0.39 is 10.0 Å². The third-order valence-corrected chi connectivity index (χ3v) is 5.85. The van der Waals surface area contributed by atoms with Crippen molar-refractivity contribution in [2.75, 3.05) is 6.61 Å². The molecule has 2 aromatic rings. The molecule has 0 bridgehead atoms. The fraction of sp³-hybridized carbons (Fsp3) is 0.444. The highest BCUT2D eigenvalue weighted by molar-refractivity contribution is 7.89. The van der Waals surface area contributed by atoms with Crippen LogP contribution in [0.1, 0.15) is 39.0 Å². The van der Waals surface area contributed by atoms with Gasteiger partial charge in [0, 0.05) is 6.04 Å². The zero-order valence-electron chi connectivity index (χ0n) is 13.4. The van der Waals surface area contributed by atoms with E-state index in [4.69, 9.17) is 4.74 Å². The molecule has 124 valence electrons. The van der Waals surface area contributed by atoms with E-state index in [2.05, 4.69) is 4.72 Å². The number of hydrogen-bond acceptors (Lipinski definition) is 3. The molecule has 0 atom stereocenters. The topological polar surface area (TPSA) is 55.4 Å². The van der Waals surface area contributed by atoms with Crippen molar-refractivity contribution in [3.63, 3.8) is 0 Å². The van der Waals surface area contributed by atoms with Gasteiger partial charge in [-0.3, -0.25) is 0 Å². The summed E-state index contributed by atoms with van der Waals surface area (Å²) < 4.78 is 33.5. The zero-order valence-corrected chi connectivity index (χ0v) is 14.2. The number of hydrogen-bond donors (Lipinski definition) is 1. The molecule has 0 amide bonds. The summed E-state index contributed by atoms with van der Waals surface area (Å²) in [6.45, 7) is 2.56. The minimum atomic E-state index is -3.45. The van der Waals surface area contributed by atoms with Crippen molar-refractivity contribution >= 4 is 20.8 Å². The Balaban J connectivity index is 1.85. The minimum absolute atomic E-state index is 0.0739. The van der Waals surface area contributed by atoms with Gasteiger partial charge in [0.25, 0.3) is 0 Å². The highest BCUT2D eigenvalue weighted by atomic mass is 32.2. The summed E-state index contributed by atoms with van der Waals surface area (Å²) in [7, 11) is -3.45. The van der Waals surface area contributed by atoms with Gasteiger partial charge in [0.15, 0.2) is 0 Å². The number of benzene rings is 2. The summed E-state index contributed by atoms with van der Waals surface area (Å²) in [5.41, 5.74) is 0. The molecule has 1 N–H and O–H groups in total. The lowest BCUT2D eigenvalue weighted by Gasteiger charge is -2.22. The molecule has 5 heteroatoms. The average molecular weight is 333 g/mol. The van der Waals surface area contributed by atoms with Gasteiger partial charge in [0.2, 0.25) is 10.0 Å². The van der Waals surface area contributed by atoms with E-state index in [1.165, 1.54) is 6.42 Å². The maximum Gasteiger partial charge on any atom is 0.240 e. The molecule has 2 aromatic carbocycles. The van der Waals surface area contributed by atoms with Crippen molar-refractivity contribution in [2.45, 2.75) is 50.0 Å². The van der Waals surface area contributed by atoms with Crippen LogP contribution in [0, 0.1) is 0 Å². The first-order valence-corrected chi connectivity index (χ1v) is 9.76. The second kappa shape index (κ2) is 6.89. The van der Waals surface area contributed by atoms with E-state index >= 15 is 0 Å². The van der Waals surface area contributed by atoms with Crippen molar-refractivity contribution in [2.24, 2.45) is 0 Å². The Bertz CT molecular complexity index is 780. The molecule has 3 rings (SSSR count). The van der Waals surface area contributed by atoms with Crippen molar-refractivity contribution in [1.29, 1.82) is 0 Å². The first-order valence-electron chi connectivity index (χ1n) is 8.27. The minimum Gasteiger partial charge on any atom is -0.494 e. The maximum absolute atomic E-state index is 12.6. The molecule has 1 aliphatic rings. The van der Waals surface area contributed by atoms with Crippen LogP contribution in [0.5, 0.6) is 5.75 Å². The molecule has 0 spiro atoms. The largest absolute Gasteiger partial charge is 0.494 e. The summed E-state index contributed by atoms with van der Waals surface area (Å²) in [4.78, 5) is 0.333. The van der Waals surface area contributed by atoms with Crippen LogP contribution < -0.4 is 9.46 Å². The smallest absolute Gasteiger partial charge is 0.240 e. The van der Waals surface area contributed by atoms with Gasteiger partial charge < -0.3 is 4.74 Å². The van der Waals surface area contributed by atoms with Crippen LogP contribution >= 0.6 is 0 Å². The monoisotopic (exact) mass is 333 g/mol. The van der Waals surface area contributed by atoms with Crippen molar-refractivity contribution in [1.82, 2.24) is 4.72 Å². The molecule has 4 nitrogen and oxygen atoms in total. The zero-order chi connectivity index (χ0) is 16.3. The Labute approximate surface area is 137 Å². The van der Waals surface area contributed by atoms with Gasteiger partial charge in [0.1, 0.15) is 5.75 Å². The quantitative estimate of drug-likeness (QED) is 0.904. The lowest BCUT2D eigenvalue weighted by Crippen LogP contribution is -2.36. The molecule has 1 saturated carbocycles. The van der Waals surface area contributed by atoms with Gasteiger partial charge >= 0.3 is 0 Å². The number of sulfonamides is 1. The second-order valence-electron chi connectivity index (χ2n) is 6.06. The molecule has 0 unspecified atom stereocenters. The van der Waals surface area contributed by atoms with E-state index in [0.717, 1.165) is 42.2 Å². The molecular formula is C18H23NO3S. The Morgan fingerprint density at radius 1 is 1.04 bits per heavy atom. The summed E-state index contributed by atoms with van der Waals surface area (Å²) >= 11 is 0. The Morgan fingerprint density at radius 2 is 1.74 bits per heavy atom. The van der Waals surface area contributed by atoms with Crippen molar-refractivity contribution in [3.8, 4) is 5.75 Å². The molecule has 0 aromatic heterocycles. The molecular weight excluding hydrogens is 310 g/mol. The second-order valence-corrected chi connectivity index (χ2v) is 7.77. The van der Waals surface area contributed by atoms with E-state index in [0.29, 0.717) is 11.5 Å². The van der Waals surface area contributed by atoms with Crippen LogP contribution in [0.3, 0.4) is 0 Å². The van der Waals surface area contributed by atoms with E-state index in [9.17, 15) is 8.42 Å². The third-order valence-electron chi connectivity index (χ3n) is 4.33. The number of nitrogens with one attached hydrogen (secondary N) is 1. The summed E-state index contributed by atoms with van der Waals surface area (Å²) in [6, 6.07) is 11.0. The standard InChI is InChI=1S/C18H23NO3S/c1-2-22-17-10-8-15-13-18(11-9-14(15)12-17)23(20,21)19-16-6-4-3-5-7-16/h8-13,16,19H,2-7H2,1H3. The molecule has 0 heterocycles. The van der Waals surface area contributed by atoms with Crippen LogP contribution in [-0.2, 0) is 10.0 Å². The summed E-state index contributed by atoms with van der Waals surface area (Å²) in [5.74, 6) is 0.802. The van der Waals surface area contributed by atoms with Crippen LogP contribution in [0.25, 0.3) is 10.8 Å². The fourth-order valence-electron chi connectivity index (χ4n) is 3.13. The van der Waals surface area contributed by atoms with Crippen LogP contribution in [0.2, 0.25) is 0 Å². The van der Waals surface area contributed by atoms with Gasteiger partial charge in [-0.05, 0) is 54.8 Å². The molecule has 0 saturated heterocycles. The van der Waals surface area contributed by atoms with Crippen molar-refractivity contribution in [3.05, 3.63) is 36.4 Å². The lowest BCUT2D eigenvalue weighted by molar-refractivity contribution is 0.341. The molecule has 0 radical (unpaired) electrons. The Morgan fingerprint density at radius 3 is 2.48 bits per heavy atom. The van der Waals surface area contributed by atoms with E-state index in [-0.39, 0.29) is 6.04 Å². The third kappa shape index (κ3) is 3.85. The maximum atomic E-state index is 12.6. The van der Waals surface area contributed by atoms with Gasteiger partial charge in [-0.25, -0.2) is 13.1 Å². The highest BCUT2D eigenvalue weighted by Crippen LogP contribution is 2.25. The van der Waals surface area contributed by atoms with Gasteiger partial charge in [-0.2, -0.15) is 0 Å². The van der Waals surface area contributed by atoms with E-state index in [1.807, 2.05) is 31.2 Å². The number of fused-ring (bicyclic) bond motifs is 1. The SMILES string of the molecule is CCOc1ccc2cc(S(=O)(=O)NC3CCCCC3)ccc2c1. The van der Waals surface area contributed by atoms with Gasteiger partial charge in [-0.15, -0.1) is 0 Å². The summed E-state index contributed by atoms with van der Waals surface area (Å²) in [5, 5.41) is 1.88. The Kier molecular flexibility index (Phi) is 4.87. The molecule has 0 aliphatic heterocycles. The van der Waals surface area contributed by atoms with Crippen LogP contribution in [-0.4, -0.2) is 21.1 Å². The van der Waals surface area contributed by atoms with E-state index in [1.54, 1.807) is 12.1 Å². The molecule has 1 fully saturated rings. The first kappa shape index (κ1) is 16.3. The van der Waals surface area contributed by atoms with Crippen LogP contribution in [0.4, 0.5) is 0 Å². The predicted molar refractivity (Wildman–Crippen MR) is 92.3 cm³/mol. The number of ether oxygens (including phenoxy) is 1. The predicted octanol–water partition coefficient (Wildman–Crippen LogP) is 3.85.